The van der Waals surface area contributed by atoms with Crippen molar-refractivity contribution >= 4 is 34.5 Å². The lowest BCUT2D eigenvalue weighted by atomic mass is 10.1. The number of nitrogens with zero attached hydrogens (tertiary/aromatic N) is 2. The minimum absolute atomic E-state index is 0.0281. The van der Waals surface area contributed by atoms with Gasteiger partial charge in [0.25, 0.3) is 0 Å². The average Bonchev–Trinajstić information content (AvgIpc) is 2.93. The Morgan fingerprint density at radius 3 is 3.00 bits per heavy atom. The van der Waals surface area contributed by atoms with E-state index in [-0.39, 0.29) is 5.84 Å². The number of rotatable bonds is 2. The van der Waals surface area contributed by atoms with E-state index in [2.05, 4.69) is 21.5 Å². The highest BCUT2D eigenvalue weighted by atomic mass is 35.5. The Kier molecular flexibility index (Phi) is 3.54. The van der Waals surface area contributed by atoms with Crippen molar-refractivity contribution in [3.63, 3.8) is 0 Å². The molecule has 0 saturated heterocycles. The number of fused-ring (bicyclic) bond motifs is 1. The number of hydrogen-bond donors (Lipinski definition) is 2. The molecule has 0 unspecified atom stereocenters. The van der Waals surface area contributed by atoms with Gasteiger partial charge < -0.3 is 15.8 Å². The Balaban J connectivity index is 1.87. The summed E-state index contributed by atoms with van der Waals surface area (Å²) >= 11 is 8.03. The molecule has 0 spiro atoms. The summed E-state index contributed by atoms with van der Waals surface area (Å²) in [5.41, 5.74) is 8.57. The summed E-state index contributed by atoms with van der Waals surface area (Å²) in [6.45, 7) is 1.88. The summed E-state index contributed by atoms with van der Waals surface area (Å²) in [5, 5.41) is 14.3. The van der Waals surface area contributed by atoms with Gasteiger partial charge >= 0.3 is 0 Å². The van der Waals surface area contributed by atoms with Gasteiger partial charge in [-0.05, 0) is 41.6 Å². The van der Waals surface area contributed by atoms with Crippen LogP contribution in [0.15, 0.2) is 34.8 Å². The molecule has 1 aromatic carbocycles. The fraction of sp³-hybridized carbons (Fsp3) is 0.214. The fourth-order valence-electron chi connectivity index (χ4n) is 2.43. The summed E-state index contributed by atoms with van der Waals surface area (Å²) < 4.78 is 0. The molecule has 0 aliphatic carbocycles. The van der Waals surface area contributed by atoms with E-state index in [4.69, 9.17) is 22.5 Å². The van der Waals surface area contributed by atoms with Crippen LogP contribution in [0.3, 0.4) is 0 Å². The molecule has 3 rings (SSSR count). The van der Waals surface area contributed by atoms with E-state index in [0.717, 1.165) is 25.2 Å². The zero-order chi connectivity index (χ0) is 14.1. The monoisotopic (exact) mass is 307 g/mol. The summed E-state index contributed by atoms with van der Waals surface area (Å²) in [5.74, 6) is 0.0281. The highest BCUT2D eigenvalue weighted by Gasteiger charge is 2.18. The van der Waals surface area contributed by atoms with E-state index in [9.17, 15) is 0 Å². The molecule has 2 aromatic rings. The third-order valence-corrected chi connectivity index (χ3v) is 4.84. The van der Waals surface area contributed by atoms with E-state index >= 15 is 0 Å². The normalized spacial score (nSPS) is 15.2. The predicted molar refractivity (Wildman–Crippen MR) is 83.0 cm³/mol. The molecular formula is C14H14ClN3OS. The number of anilines is 1. The number of thiophene rings is 1. The third kappa shape index (κ3) is 2.34. The van der Waals surface area contributed by atoms with Gasteiger partial charge in [-0.25, -0.2) is 0 Å². The Labute approximate surface area is 126 Å². The maximum Gasteiger partial charge on any atom is 0.171 e. The van der Waals surface area contributed by atoms with Crippen LogP contribution in [0.25, 0.3) is 0 Å². The Morgan fingerprint density at radius 1 is 1.40 bits per heavy atom. The van der Waals surface area contributed by atoms with Gasteiger partial charge in [-0.1, -0.05) is 16.8 Å². The summed E-state index contributed by atoms with van der Waals surface area (Å²) in [6, 6.07) is 7.79. The van der Waals surface area contributed by atoms with Gasteiger partial charge in [0.2, 0.25) is 0 Å². The van der Waals surface area contributed by atoms with Crippen molar-refractivity contribution in [1.82, 2.24) is 0 Å². The van der Waals surface area contributed by atoms with Gasteiger partial charge in [-0.2, -0.15) is 0 Å². The van der Waals surface area contributed by atoms with E-state index in [1.165, 1.54) is 10.4 Å². The van der Waals surface area contributed by atoms with Gasteiger partial charge in [-0.3, -0.25) is 0 Å². The smallest absolute Gasteiger partial charge is 0.171 e. The zero-order valence-corrected chi connectivity index (χ0v) is 12.3. The van der Waals surface area contributed by atoms with Crippen molar-refractivity contribution < 1.29 is 5.21 Å². The van der Waals surface area contributed by atoms with Crippen molar-refractivity contribution in [1.29, 1.82) is 0 Å². The first-order chi connectivity index (χ1) is 9.69. The van der Waals surface area contributed by atoms with E-state index < -0.39 is 0 Å². The van der Waals surface area contributed by atoms with Crippen LogP contribution in [0.5, 0.6) is 0 Å². The topological polar surface area (TPSA) is 61.9 Å². The molecule has 0 amide bonds. The van der Waals surface area contributed by atoms with Crippen LogP contribution in [0.2, 0.25) is 5.02 Å². The summed E-state index contributed by atoms with van der Waals surface area (Å²) in [6.07, 6.45) is 1.06. The molecule has 0 bridgehead atoms. The second kappa shape index (κ2) is 5.34. The lowest BCUT2D eigenvalue weighted by Gasteiger charge is -2.29. The minimum Gasteiger partial charge on any atom is -0.409 e. The Bertz CT molecular complexity index is 668. The van der Waals surface area contributed by atoms with Crippen LogP contribution >= 0.6 is 22.9 Å². The van der Waals surface area contributed by atoms with Crippen LogP contribution in [0, 0.1) is 0 Å². The number of oxime groups is 1. The van der Waals surface area contributed by atoms with Crippen molar-refractivity contribution in [3.8, 4) is 0 Å². The van der Waals surface area contributed by atoms with E-state index in [1.807, 2.05) is 23.5 Å². The molecule has 0 fully saturated rings. The van der Waals surface area contributed by atoms with Crippen molar-refractivity contribution in [2.24, 2.45) is 10.9 Å². The number of hydrogen-bond acceptors (Lipinski definition) is 4. The summed E-state index contributed by atoms with van der Waals surface area (Å²) in [7, 11) is 0. The number of nitrogens with two attached hydrogens (primary N) is 1. The van der Waals surface area contributed by atoms with Gasteiger partial charge in [0.05, 0.1) is 5.02 Å². The van der Waals surface area contributed by atoms with Crippen molar-refractivity contribution in [3.05, 3.63) is 50.7 Å². The molecule has 0 radical (unpaired) electrons. The highest BCUT2D eigenvalue weighted by Crippen LogP contribution is 2.30. The SMILES string of the molecule is NC(=NO)c1ccc(N2CCc3sccc3C2)cc1Cl. The van der Waals surface area contributed by atoms with Crippen LogP contribution in [-0.4, -0.2) is 17.6 Å². The molecular weight excluding hydrogens is 294 g/mol. The second-order valence-corrected chi connectivity index (χ2v) is 6.10. The minimum atomic E-state index is 0.0281. The van der Waals surface area contributed by atoms with Crippen LogP contribution < -0.4 is 10.6 Å². The van der Waals surface area contributed by atoms with E-state index in [0.29, 0.717) is 10.6 Å². The molecule has 6 heteroatoms. The standard InChI is InChI=1S/C14H14ClN3OS/c15-12-7-10(1-2-11(12)14(16)17-19)18-5-3-13-9(8-18)4-6-20-13/h1-2,4,6-7,19H,3,5,8H2,(H2,16,17). The molecule has 2 heterocycles. The van der Waals surface area contributed by atoms with E-state index in [1.54, 1.807) is 6.07 Å². The van der Waals surface area contributed by atoms with Gasteiger partial charge in [0.1, 0.15) is 0 Å². The fourth-order valence-corrected chi connectivity index (χ4v) is 3.59. The number of halogens is 1. The molecule has 0 atom stereocenters. The van der Waals surface area contributed by atoms with Crippen molar-refractivity contribution in [2.45, 2.75) is 13.0 Å². The van der Waals surface area contributed by atoms with Crippen molar-refractivity contribution in [2.75, 3.05) is 11.4 Å². The molecule has 3 N–H and O–H groups in total. The van der Waals surface area contributed by atoms with Gasteiger partial charge in [0, 0.05) is 29.2 Å². The van der Waals surface area contributed by atoms with Gasteiger partial charge in [0.15, 0.2) is 5.84 Å². The molecule has 0 saturated carbocycles. The number of amidine groups is 1. The molecule has 20 heavy (non-hydrogen) atoms. The number of benzene rings is 1. The second-order valence-electron chi connectivity index (χ2n) is 4.69. The molecule has 1 aliphatic rings. The Morgan fingerprint density at radius 2 is 2.25 bits per heavy atom. The first-order valence-corrected chi connectivity index (χ1v) is 7.52. The van der Waals surface area contributed by atoms with Crippen LogP contribution in [-0.2, 0) is 13.0 Å². The predicted octanol–water partition coefficient (Wildman–Crippen LogP) is 3.06. The first-order valence-electron chi connectivity index (χ1n) is 6.26. The maximum absolute atomic E-state index is 8.71. The summed E-state index contributed by atoms with van der Waals surface area (Å²) in [4.78, 5) is 3.76. The average molecular weight is 308 g/mol. The quantitative estimate of drug-likeness (QED) is 0.388. The van der Waals surface area contributed by atoms with Crippen LogP contribution in [0.4, 0.5) is 5.69 Å². The maximum atomic E-state index is 8.71. The molecule has 104 valence electrons. The highest BCUT2D eigenvalue weighted by molar-refractivity contribution is 7.10. The Hall–Kier alpha value is -1.72. The molecule has 1 aliphatic heterocycles. The third-order valence-electron chi connectivity index (χ3n) is 3.51. The lowest BCUT2D eigenvalue weighted by Crippen LogP contribution is -2.29. The largest absolute Gasteiger partial charge is 0.409 e. The molecule has 4 nitrogen and oxygen atoms in total. The zero-order valence-electron chi connectivity index (χ0n) is 10.7. The lowest BCUT2D eigenvalue weighted by molar-refractivity contribution is 0.318. The molecule has 1 aromatic heterocycles. The first kappa shape index (κ1) is 13.3. The van der Waals surface area contributed by atoms with Crippen LogP contribution in [0.1, 0.15) is 16.0 Å². The van der Waals surface area contributed by atoms with Gasteiger partial charge in [-0.15, -0.1) is 11.3 Å².